The molecule has 0 spiro atoms. The van der Waals surface area contributed by atoms with Gasteiger partial charge in [0.25, 0.3) is 0 Å². The van der Waals surface area contributed by atoms with Gasteiger partial charge in [0.2, 0.25) is 16.3 Å². The summed E-state index contributed by atoms with van der Waals surface area (Å²) in [5.74, 6) is 0. The van der Waals surface area contributed by atoms with Crippen LogP contribution in [0.4, 0.5) is 0 Å². The van der Waals surface area contributed by atoms with Crippen LogP contribution in [0, 0.1) is 0 Å². The maximum atomic E-state index is 2.22. The van der Waals surface area contributed by atoms with E-state index < -0.39 is 0 Å². The van der Waals surface area contributed by atoms with Crippen LogP contribution < -0.4 is 0 Å². The minimum Gasteiger partial charge on any atom is -0.101 e. The highest BCUT2D eigenvalue weighted by Crippen LogP contribution is 1.73. The van der Waals surface area contributed by atoms with Gasteiger partial charge in [0.15, 0.2) is 0 Å². The largest absolute Gasteiger partial charge is 0.211 e. The standard InChI is InChI=1S/C3H7.Al.H2.2H/c1-3-2;;;;/h1,3H2,2H3;;1H;;. The van der Waals surface area contributed by atoms with E-state index in [0.29, 0.717) is 0 Å². The summed E-state index contributed by atoms with van der Waals surface area (Å²) >= 11 is 1.39. The average Bonchev–Trinajstić information content (AvgIpc) is 1.37. The molecule has 0 saturated carbocycles. The van der Waals surface area contributed by atoms with E-state index in [1.165, 1.54) is 28.0 Å². The number of rotatable bonds is 1. The molecule has 0 radical (unpaired) electrons. The molecule has 0 unspecified atom stereocenters. The Labute approximate surface area is 37.1 Å². The van der Waals surface area contributed by atoms with E-state index in [2.05, 4.69) is 6.92 Å². The Morgan fingerprint density at radius 2 is 2.25 bits per heavy atom. The Morgan fingerprint density at radius 3 is 2.25 bits per heavy atom. The van der Waals surface area contributed by atoms with Crippen LogP contribution >= 0.6 is 0 Å². The van der Waals surface area contributed by atoms with Crippen LogP contribution in [0.5, 0.6) is 0 Å². The molecule has 0 heterocycles. The van der Waals surface area contributed by atoms with Crippen molar-refractivity contribution in [2.75, 3.05) is 0 Å². The van der Waals surface area contributed by atoms with Gasteiger partial charge in [-0.05, 0) is 0 Å². The summed E-state index contributed by atoms with van der Waals surface area (Å²) in [5.41, 5.74) is 0. The highest BCUT2D eigenvalue weighted by Gasteiger charge is 1.58. The van der Waals surface area contributed by atoms with Crippen molar-refractivity contribution in [3.05, 3.63) is 0 Å². The first-order valence-electron chi connectivity index (χ1n) is 1.91. The summed E-state index contributed by atoms with van der Waals surface area (Å²) in [7, 11) is 0. The van der Waals surface area contributed by atoms with E-state index in [1.54, 1.807) is 0 Å². The zero-order valence-corrected chi connectivity index (χ0v) is 5.41. The maximum absolute atomic E-state index is 2.22. The van der Waals surface area contributed by atoms with Crippen molar-refractivity contribution in [2.45, 2.75) is 18.6 Å². The highest BCUT2D eigenvalue weighted by molar-refractivity contribution is 6.08. The third-order valence-electron chi connectivity index (χ3n) is 0.500. The molecule has 26 valence electrons. The lowest BCUT2D eigenvalue weighted by atomic mass is 10.6. The van der Waals surface area contributed by atoms with Crippen molar-refractivity contribution in [2.24, 2.45) is 0 Å². The minimum atomic E-state index is 0. The zero-order valence-electron chi connectivity index (χ0n) is 3.41. The fourth-order valence-electron chi connectivity index (χ4n) is 0. The molecular formula is C3H11Al. The first-order valence-corrected chi connectivity index (χ1v) is 3.33. The molecule has 0 nitrogen and oxygen atoms in total. The van der Waals surface area contributed by atoms with Crippen LogP contribution in [0.25, 0.3) is 0 Å². The van der Waals surface area contributed by atoms with E-state index >= 15 is 0 Å². The summed E-state index contributed by atoms with van der Waals surface area (Å²) in [6, 6.07) is 0. The second-order valence-electron chi connectivity index (χ2n) is 1.000. The van der Waals surface area contributed by atoms with Crippen molar-refractivity contribution < 1.29 is 1.43 Å². The van der Waals surface area contributed by atoms with Crippen molar-refractivity contribution in [3.8, 4) is 0 Å². The molecule has 0 aromatic carbocycles. The van der Waals surface area contributed by atoms with E-state index in [9.17, 15) is 0 Å². The molecule has 0 aliphatic heterocycles. The quantitative estimate of drug-likeness (QED) is 0.401. The van der Waals surface area contributed by atoms with E-state index in [-0.39, 0.29) is 1.43 Å². The summed E-state index contributed by atoms with van der Waals surface area (Å²) in [4.78, 5) is 0. The lowest BCUT2D eigenvalue weighted by Gasteiger charge is -1.66. The third-order valence-corrected chi connectivity index (χ3v) is 1.50. The topological polar surface area (TPSA) is 0 Å². The van der Waals surface area contributed by atoms with Crippen molar-refractivity contribution in [1.29, 1.82) is 0 Å². The molecule has 0 atom stereocenters. The van der Waals surface area contributed by atoms with Gasteiger partial charge >= 0.3 is 0 Å². The van der Waals surface area contributed by atoms with E-state index in [0.717, 1.165) is 0 Å². The predicted octanol–water partition coefficient (Wildman–Crippen LogP) is 0.694. The molecular weight excluding hydrogens is 63.0 g/mol. The lowest BCUT2D eigenvalue weighted by molar-refractivity contribution is 1.08. The van der Waals surface area contributed by atoms with Crippen molar-refractivity contribution in [3.63, 3.8) is 0 Å². The molecule has 4 heavy (non-hydrogen) atoms. The summed E-state index contributed by atoms with van der Waals surface area (Å²) in [6.45, 7) is 2.22. The van der Waals surface area contributed by atoms with E-state index in [4.69, 9.17) is 0 Å². The predicted molar refractivity (Wildman–Crippen MR) is 25.8 cm³/mol. The van der Waals surface area contributed by atoms with Gasteiger partial charge in [0, 0.05) is 1.43 Å². The summed E-state index contributed by atoms with van der Waals surface area (Å²) in [5, 5.41) is 1.46. The number of hydrogen-bond donors (Lipinski definition) is 0. The smallest absolute Gasteiger partial charge is 0.101 e. The van der Waals surface area contributed by atoms with Gasteiger partial charge in [-0.25, -0.2) is 0 Å². The number of hydrogen-bond acceptors (Lipinski definition) is 0. The molecule has 0 aromatic rings. The summed E-state index contributed by atoms with van der Waals surface area (Å²) in [6.07, 6.45) is 1.38. The first kappa shape index (κ1) is 4.53. The fourth-order valence-corrected chi connectivity index (χ4v) is 0. The second kappa shape index (κ2) is 3.53. The van der Waals surface area contributed by atoms with Gasteiger partial charge in [-0.1, -0.05) is 13.3 Å². The average molecular weight is 74.1 g/mol. The molecule has 0 rings (SSSR count). The van der Waals surface area contributed by atoms with Gasteiger partial charge in [0.1, 0.15) is 0 Å². The van der Waals surface area contributed by atoms with Crippen molar-refractivity contribution >= 4 is 16.3 Å². The molecule has 0 saturated heterocycles. The molecule has 0 aliphatic carbocycles. The second-order valence-corrected chi connectivity index (χ2v) is 2.00. The normalized spacial score (nSPS) is 7.25. The molecule has 0 N–H and O–H groups in total. The molecule has 0 bridgehead atoms. The van der Waals surface area contributed by atoms with Gasteiger partial charge in [-0.2, -0.15) is 0 Å². The SMILES string of the molecule is CC[CH2][AlH2].[HH]. The Bertz CT molecular complexity index is 8.85. The van der Waals surface area contributed by atoms with E-state index in [1.807, 2.05) is 0 Å². The third kappa shape index (κ3) is 2.53. The minimum absolute atomic E-state index is 0. The molecule has 0 aromatic heterocycles. The van der Waals surface area contributed by atoms with Crippen LogP contribution in [0.3, 0.4) is 0 Å². The van der Waals surface area contributed by atoms with Crippen LogP contribution in [0.1, 0.15) is 14.8 Å². The van der Waals surface area contributed by atoms with Gasteiger partial charge in [-0.15, -0.1) is 5.28 Å². The molecule has 1 heteroatoms. The van der Waals surface area contributed by atoms with Gasteiger partial charge < -0.3 is 0 Å². The molecule has 0 aliphatic rings. The van der Waals surface area contributed by atoms with Crippen molar-refractivity contribution in [1.82, 2.24) is 0 Å². The monoisotopic (exact) mass is 74.1 g/mol. The van der Waals surface area contributed by atoms with Crippen LogP contribution in [0.2, 0.25) is 5.28 Å². The Morgan fingerprint density at radius 1 is 2.00 bits per heavy atom. The highest BCUT2D eigenvalue weighted by atomic mass is 27.0. The Kier molecular flexibility index (Phi) is 4.00. The first-order chi connectivity index (χ1) is 1.91. The summed E-state index contributed by atoms with van der Waals surface area (Å²) < 4.78 is 0. The maximum Gasteiger partial charge on any atom is 0.211 e. The lowest BCUT2D eigenvalue weighted by Crippen LogP contribution is -1.55. The Balaban J connectivity index is 0. The van der Waals surface area contributed by atoms with Crippen LogP contribution in [-0.4, -0.2) is 16.3 Å². The van der Waals surface area contributed by atoms with Crippen LogP contribution in [-0.2, 0) is 0 Å². The van der Waals surface area contributed by atoms with Gasteiger partial charge in [-0.3, -0.25) is 0 Å². The van der Waals surface area contributed by atoms with Gasteiger partial charge in [0.05, 0.1) is 0 Å². The molecule has 0 fully saturated rings. The zero-order chi connectivity index (χ0) is 3.41. The Hall–Kier alpha value is 0.532. The molecule has 0 amide bonds. The fraction of sp³-hybridized carbons (Fsp3) is 1.00. The van der Waals surface area contributed by atoms with Crippen LogP contribution in [0.15, 0.2) is 0 Å².